The molecule has 0 fully saturated rings. The Morgan fingerprint density at radius 2 is 1.00 bits per heavy atom. The molecule has 0 radical (unpaired) electrons. The second kappa shape index (κ2) is 5.64. The van der Waals surface area contributed by atoms with Gasteiger partial charge in [0, 0.05) is 0 Å². The van der Waals surface area contributed by atoms with E-state index in [1.54, 1.807) is 0 Å². The van der Waals surface area contributed by atoms with Crippen molar-refractivity contribution >= 4 is 0 Å². The minimum absolute atomic E-state index is 0.412. The van der Waals surface area contributed by atoms with Crippen LogP contribution in [-0.4, -0.2) is 5.11 Å². The van der Waals surface area contributed by atoms with Crippen LogP contribution >= 0.6 is 0 Å². The van der Waals surface area contributed by atoms with E-state index in [4.69, 9.17) is 0 Å². The molecule has 0 aliphatic carbocycles. The smallest absolute Gasteiger partial charge is 0.194 e. The zero-order valence-corrected chi connectivity index (χ0v) is 11.4. The molecule has 2 aromatic carbocycles. The molecule has 0 saturated carbocycles. The summed E-state index contributed by atoms with van der Waals surface area (Å²) < 4.78 is 79.8. The number of aliphatic hydroxyl groups excluding tert-OH is 1. The molecule has 2 aromatic rings. The fourth-order valence-corrected chi connectivity index (χ4v) is 2.14. The SMILES string of the molecule is Cc1c(C(O)c2cc(F)c(F)c(F)c2C)cc(F)c(F)c1F. The molecular weight excluding hydrogens is 310 g/mol. The van der Waals surface area contributed by atoms with Gasteiger partial charge in [-0.2, -0.15) is 0 Å². The maximum absolute atomic E-state index is 13.5. The first-order chi connectivity index (χ1) is 10.2. The second-order valence-electron chi connectivity index (χ2n) is 4.80. The van der Waals surface area contributed by atoms with Gasteiger partial charge >= 0.3 is 0 Å². The van der Waals surface area contributed by atoms with Crippen LogP contribution in [0.25, 0.3) is 0 Å². The normalized spacial score (nSPS) is 11.4. The summed E-state index contributed by atoms with van der Waals surface area (Å²) in [6.45, 7) is 2.14. The van der Waals surface area contributed by atoms with E-state index in [9.17, 15) is 31.4 Å². The van der Waals surface area contributed by atoms with E-state index in [1.807, 2.05) is 0 Å². The van der Waals surface area contributed by atoms with Crippen LogP contribution in [0.3, 0.4) is 0 Å². The maximum Gasteiger partial charge on any atom is 0.194 e. The third-order valence-corrected chi connectivity index (χ3v) is 3.48. The summed E-state index contributed by atoms with van der Waals surface area (Å²) in [5, 5.41) is 10.1. The Labute approximate surface area is 121 Å². The molecule has 0 atom stereocenters. The fraction of sp³-hybridized carbons (Fsp3) is 0.200. The van der Waals surface area contributed by atoms with Crippen molar-refractivity contribution in [3.8, 4) is 0 Å². The summed E-state index contributed by atoms with van der Waals surface area (Å²) in [6, 6.07) is 1.05. The lowest BCUT2D eigenvalue weighted by atomic mass is 9.93. The van der Waals surface area contributed by atoms with Crippen LogP contribution in [0.2, 0.25) is 0 Å². The Balaban J connectivity index is 2.66. The van der Waals surface area contributed by atoms with E-state index in [-0.39, 0.29) is 0 Å². The molecule has 2 rings (SSSR count). The van der Waals surface area contributed by atoms with Crippen LogP contribution in [-0.2, 0) is 0 Å². The van der Waals surface area contributed by atoms with Gasteiger partial charge in [0.25, 0.3) is 0 Å². The summed E-state index contributed by atoms with van der Waals surface area (Å²) in [5.74, 6) is -9.59. The van der Waals surface area contributed by atoms with Crippen LogP contribution in [0.15, 0.2) is 12.1 Å². The van der Waals surface area contributed by atoms with Crippen LogP contribution in [0, 0.1) is 48.8 Å². The third-order valence-electron chi connectivity index (χ3n) is 3.48. The predicted molar refractivity (Wildman–Crippen MR) is 66.2 cm³/mol. The number of hydrogen-bond acceptors (Lipinski definition) is 1. The number of rotatable bonds is 2. The fourth-order valence-electron chi connectivity index (χ4n) is 2.14. The molecule has 0 unspecified atom stereocenters. The van der Waals surface area contributed by atoms with Crippen molar-refractivity contribution in [2.45, 2.75) is 20.0 Å². The average molecular weight is 320 g/mol. The van der Waals surface area contributed by atoms with Crippen LogP contribution < -0.4 is 0 Å². The standard InChI is InChI=1S/C15H10F6O/c1-5-7(3-9(16)13(20)11(5)18)15(22)8-4-10(17)14(21)12(19)6(8)2/h3-4,15,22H,1-2H3. The third kappa shape index (κ3) is 2.45. The molecule has 1 N–H and O–H groups in total. The van der Waals surface area contributed by atoms with E-state index in [0.29, 0.717) is 12.1 Å². The Morgan fingerprint density at radius 3 is 1.32 bits per heavy atom. The molecule has 0 aromatic heterocycles. The van der Waals surface area contributed by atoms with E-state index in [0.717, 1.165) is 13.8 Å². The zero-order chi connectivity index (χ0) is 16.8. The van der Waals surface area contributed by atoms with Gasteiger partial charge in [-0.05, 0) is 48.2 Å². The lowest BCUT2D eigenvalue weighted by Gasteiger charge is -2.18. The van der Waals surface area contributed by atoms with Gasteiger partial charge in [-0.3, -0.25) is 0 Å². The summed E-state index contributed by atoms with van der Waals surface area (Å²) in [6.07, 6.45) is -1.85. The number of hydrogen-bond donors (Lipinski definition) is 1. The minimum Gasteiger partial charge on any atom is -0.384 e. The lowest BCUT2D eigenvalue weighted by Crippen LogP contribution is -2.10. The van der Waals surface area contributed by atoms with Gasteiger partial charge in [-0.15, -0.1) is 0 Å². The molecule has 1 nitrogen and oxygen atoms in total. The molecular formula is C15H10F6O. The monoisotopic (exact) mass is 320 g/mol. The molecule has 0 aliphatic heterocycles. The van der Waals surface area contributed by atoms with Gasteiger partial charge in [0.15, 0.2) is 34.9 Å². The van der Waals surface area contributed by atoms with E-state index in [1.165, 1.54) is 0 Å². The summed E-state index contributed by atoms with van der Waals surface area (Å²) >= 11 is 0. The topological polar surface area (TPSA) is 20.2 Å². The molecule has 118 valence electrons. The molecule has 0 bridgehead atoms. The molecule has 0 spiro atoms. The molecule has 22 heavy (non-hydrogen) atoms. The van der Waals surface area contributed by atoms with Gasteiger partial charge < -0.3 is 5.11 Å². The molecule has 0 heterocycles. The Hall–Kier alpha value is -2.02. The van der Waals surface area contributed by atoms with Crippen molar-refractivity contribution in [3.05, 3.63) is 69.3 Å². The number of aliphatic hydroxyl groups is 1. The Bertz CT molecular complexity index is 693. The quantitative estimate of drug-likeness (QED) is 0.649. The summed E-state index contributed by atoms with van der Waals surface area (Å²) in [4.78, 5) is 0. The Kier molecular flexibility index (Phi) is 4.19. The van der Waals surface area contributed by atoms with E-state index >= 15 is 0 Å². The highest BCUT2D eigenvalue weighted by Gasteiger charge is 2.25. The average Bonchev–Trinajstić information content (AvgIpc) is 2.49. The van der Waals surface area contributed by atoms with Crippen molar-refractivity contribution in [3.63, 3.8) is 0 Å². The number of halogens is 6. The first kappa shape index (κ1) is 16.4. The van der Waals surface area contributed by atoms with Crippen molar-refractivity contribution in [2.24, 2.45) is 0 Å². The first-order valence-electron chi connectivity index (χ1n) is 6.12. The Morgan fingerprint density at radius 1 is 0.682 bits per heavy atom. The van der Waals surface area contributed by atoms with E-state index in [2.05, 4.69) is 0 Å². The van der Waals surface area contributed by atoms with Crippen molar-refractivity contribution in [1.82, 2.24) is 0 Å². The van der Waals surface area contributed by atoms with Gasteiger partial charge in [-0.25, -0.2) is 26.3 Å². The van der Waals surface area contributed by atoms with Crippen LogP contribution in [0.5, 0.6) is 0 Å². The zero-order valence-electron chi connectivity index (χ0n) is 11.4. The highest BCUT2D eigenvalue weighted by Crippen LogP contribution is 2.32. The van der Waals surface area contributed by atoms with E-state index < -0.39 is 63.3 Å². The first-order valence-corrected chi connectivity index (χ1v) is 6.12. The van der Waals surface area contributed by atoms with Gasteiger partial charge in [-0.1, -0.05) is 0 Å². The summed E-state index contributed by atoms with van der Waals surface area (Å²) in [7, 11) is 0. The van der Waals surface area contributed by atoms with Gasteiger partial charge in [0.2, 0.25) is 0 Å². The molecule has 0 aliphatic rings. The predicted octanol–water partition coefficient (Wildman–Crippen LogP) is 4.22. The highest BCUT2D eigenvalue weighted by molar-refractivity contribution is 5.41. The second-order valence-corrected chi connectivity index (χ2v) is 4.80. The van der Waals surface area contributed by atoms with Crippen LogP contribution in [0.1, 0.15) is 28.4 Å². The summed E-state index contributed by atoms with van der Waals surface area (Å²) in [5.41, 5.74) is -1.67. The molecule has 0 saturated heterocycles. The van der Waals surface area contributed by atoms with Crippen LogP contribution in [0.4, 0.5) is 26.3 Å². The highest BCUT2D eigenvalue weighted by atomic mass is 19.2. The molecule has 0 amide bonds. The minimum atomic E-state index is -1.85. The largest absolute Gasteiger partial charge is 0.384 e. The van der Waals surface area contributed by atoms with Gasteiger partial charge in [0.1, 0.15) is 6.10 Å². The maximum atomic E-state index is 13.5. The number of benzene rings is 2. The van der Waals surface area contributed by atoms with Crippen molar-refractivity contribution < 1.29 is 31.4 Å². The van der Waals surface area contributed by atoms with Crippen molar-refractivity contribution in [2.75, 3.05) is 0 Å². The molecule has 7 heteroatoms. The van der Waals surface area contributed by atoms with Crippen molar-refractivity contribution in [1.29, 1.82) is 0 Å². The van der Waals surface area contributed by atoms with Gasteiger partial charge in [0.05, 0.1) is 0 Å². The lowest BCUT2D eigenvalue weighted by molar-refractivity contribution is 0.215.